The molecule has 0 saturated carbocycles. The Kier molecular flexibility index (Phi) is 4.86. The summed E-state index contributed by atoms with van der Waals surface area (Å²) in [6.45, 7) is 6.10. The molecule has 0 saturated heterocycles. The van der Waals surface area contributed by atoms with Gasteiger partial charge >= 0.3 is 5.97 Å². The molecule has 1 unspecified atom stereocenters. The van der Waals surface area contributed by atoms with Gasteiger partial charge in [-0.05, 0) is 43.5 Å². The van der Waals surface area contributed by atoms with Crippen molar-refractivity contribution in [2.24, 2.45) is 0 Å². The van der Waals surface area contributed by atoms with Crippen molar-refractivity contribution < 1.29 is 14.6 Å². The average molecular weight is 298 g/mol. The Morgan fingerprint density at radius 2 is 1.82 bits per heavy atom. The van der Waals surface area contributed by atoms with Gasteiger partial charge in [0.1, 0.15) is 5.75 Å². The Morgan fingerprint density at radius 3 is 2.41 bits per heavy atom. The van der Waals surface area contributed by atoms with Crippen molar-refractivity contribution in [3.8, 4) is 5.75 Å². The number of rotatable bonds is 5. The molecule has 0 spiro atoms. The highest BCUT2D eigenvalue weighted by atomic mass is 16.5. The highest BCUT2D eigenvalue weighted by molar-refractivity contribution is 5.69. The Labute approximate surface area is 131 Å². The number of ether oxygens (including phenoxy) is 1. The molecule has 0 aliphatic heterocycles. The maximum atomic E-state index is 11.4. The van der Waals surface area contributed by atoms with Gasteiger partial charge in [-0.25, -0.2) is 0 Å². The quantitative estimate of drug-likeness (QED) is 0.898. The SMILES string of the molecule is COc1ccc(C)cc1C(CC(=O)O)c1ccc(C)c(C)c1. The smallest absolute Gasteiger partial charge is 0.304 e. The number of carboxylic acid groups (broad SMARTS) is 1. The second-order valence-corrected chi connectivity index (χ2v) is 5.74. The van der Waals surface area contributed by atoms with Gasteiger partial charge in [0.2, 0.25) is 0 Å². The van der Waals surface area contributed by atoms with E-state index in [9.17, 15) is 9.90 Å². The molecule has 1 atom stereocenters. The van der Waals surface area contributed by atoms with Crippen LogP contribution < -0.4 is 4.74 Å². The van der Waals surface area contributed by atoms with E-state index in [1.54, 1.807) is 7.11 Å². The molecule has 2 aromatic carbocycles. The summed E-state index contributed by atoms with van der Waals surface area (Å²) in [7, 11) is 1.62. The first-order valence-corrected chi connectivity index (χ1v) is 7.36. The first kappa shape index (κ1) is 16.1. The summed E-state index contributed by atoms with van der Waals surface area (Å²) in [5, 5.41) is 9.32. The zero-order chi connectivity index (χ0) is 16.3. The van der Waals surface area contributed by atoms with Gasteiger partial charge in [0.25, 0.3) is 0 Å². The lowest BCUT2D eigenvalue weighted by Crippen LogP contribution is -2.10. The molecule has 3 heteroatoms. The Hall–Kier alpha value is -2.29. The summed E-state index contributed by atoms with van der Waals surface area (Å²) in [5.74, 6) is -0.298. The van der Waals surface area contributed by atoms with Gasteiger partial charge in [0, 0.05) is 11.5 Å². The molecule has 0 aliphatic rings. The van der Waals surface area contributed by atoms with Crippen LogP contribution in [0.5, 0.6) is 5.75 Å². The molecule has 2 rings (SSSR count). The Morgan fingerprint density at radius 1 is 1.09 bits per heavy atom. The molecule has 22 heavy (non-hydrogen) atoms. The van der Waals surface area contributed by atoms with Crippen LogP contribution in [0.3, 0.4) is 0 Å². The van der Waals surface area contributed by atoms with Crippen LogP contribution in [0.2, 0.25) is 0 Å². The van der Waals surface area contributed by atoms with Gasteiger partial charge in [0.15, 0.2) is 0 Å². The van der Waals surface area contributed by atoms with Gasteiger partial charge in [-0.15, -0.1) is 0 Å². The van der Waals surface area contributed by atoms with Crippen LogP contribution in [0.4, 0.5) is 0 Å². The minimum atomic E-state index is -0.813. The molecular weight excluding hydrogens is 276 g/mol. The lowest BCUT2D eigenvalue weighted by atomic mass is 9.86. The van der Waals surface area contributed by atoms with Crippen LogP contribution in [0.15, 0.2) is 36.4 Å². The molecule has 0 radical (unpaired) electrons. The lowest BCUT2D eigenvalue weighted by molar-refractivity contribution is -0.137. The van der Waals surface area contributed by atoms with Crippen LogP contribution >= 0.6 is 0 Å². The van der Waals surface area contributed by atoms with Crippen molar-refractivity contribution in [3.63, 3.8) is 0 Å². The number of hydrogen-bond acceptors (Lipinski definition) is 2. The minimum Gasteiger partial charge on any atom is -0.496 e. The maximum Gasteiger partial charge on any atom is 0.304 e. The Bertz CT molecular complexity index is 689. The molecule has 0 bridgehead atoms. The van der Waals surface area contributed by atoms with Gasteiger partial charge in [-0.3, -0.25) is 4.79 Å². The molecule has 0 amide bonds. The second-order valence-electron chi connectivity index (χ2n) is 5.74. The molecule has 1 N–H and O–H groups in total. The lowest BCUT2D eigenvalue weighted by Gasteiger charge is -2.20. The van der Waals surface area contributed by atoms with Crippen molar-refractivity contribution in [2.45, 2.75) is 33.1 Å². The summed E-state index contributed by atoms with van der Waals surface area (Å²) in [6.07, 6.45) is 0.0440. The van der Waals surface area contributed by atoms with E-state index >= 15 is 0 Å². The number of hydrogen-bond donors (Lipinski definition) is 1. The van der Waals surface area contributed by atoms with Crippen molar-refractivity contribution in [1.82, 2.24) is 0 Å². The number of aliphatic carboxylic acids is 1. The summed E-state index contributed by atoms with van der Waals surface area (Å²) < 4.78 is 5.45. The van der Waals surface area contributed by atoms with Gasteiger partial charge in [-0.2, -0.15) is 0 Å². The van der Waals surface area contributed by atoms with Crippen LogP contribution in [0.1, 0.15) is 40.2 Å². The first-order valence-electron chi connectivity index (χ1n) is 7.36. The number of methoxy groups -OCH3 is 1. The molecule has 3 nitrogen and oxygen atoms in total. The van der Waals surface area contributed by atoms with Crippen LogP contribution in [-0.4, -0.2) is 18.2 Å². The van der Waals surface area contributed by atoms with E-state index in [0.29, 0.717) is 0 Å². The number of carboxylic acids is 1. The number of benzene rings is 2. The fourth-order valence-electron chi connectivity index (χ4n) is 2.69. The predicted octanol–water partition coefficient (Wildman–Crippen LogP) is 4.23. The minimum absolute atomic E-state index is 0.0440. The molecule has 116 valence electrons. The topological polar surface area (TPSA) is 46.5 Å². The van der Waals surface area contributed by atoms with Gasteiger partial charge < -0.3 is 9.84 Å². The average Bonchev–Trinajstić information content (AvgIpc) is 2.47. The van der Waals surface area contributed by atoms with Crippen LogP contribution in [0, 0.1) is 20.8 Å². The molecule has 0 aromatic heterocycles. The molecule has 2 aromatic rings. The maximum absolute atomic E-state index is 11.4. The molecule has 0 aliphatic carbocycles. The van der Waals surface area contributed by atoms with Crippen LogP contribution in [-0.2, 0) is 4.79 Å². The molecular formula is C19H22O3. The van der Waals surface area contributed by atoms with E-state index in [1.807, 2.05) is 44.2 Å². The van der Waals surface area contributed by atoms with E-state index in [1.165, 1.54) is 11.1 Å². The highest BCUT2D eigenvalue weighted by Gasteiger charge is 2.22. The summed E-state index contributed by atoms with van der Waals surface area (Å²) in [5.41, 5.74) is 5.39. The summed E-state index contributed by atoms with van der Waals surface area (Å²) in [6, 6.07) is 12.0. The largest absolute Gasteiger partial charge is 0.496 e. The standard InChI is InChI=1S/C19H22O3/c1-12-5-8-18(22-4)17(9-12)16(11-19(20)21)15-7-6-13(2)14(3)10-15/h5-10,16H,11H2,1-4H3,(H,20,21). The molecule has 0 heterocycles. The highest BCUT2D eigenvalue weighted by Crippen LogP contribution is 2.35. The zero-order valence-corrected chi connectivity index (χ0v) is 13.5. The van der Waals surface area contributed by atoms with E-state index in [0.717, 1.165) is 22.4 Å². The summed E-state index contributed by atoms with van der Waals surface area (Å²) >= 11 is 0. The first-order chi connectivity index (χ1) is 10.4. The second kappa shape index (κ2) is 6.65. The monoisotopic (exact) mass is 298 g/mol. The third kappa shape index (κ3) is 3.48. The van der Waals surface area contributed by atoms with Crippen molar-refractivity contribution in [2.75, 3.05) is 7.11 Å². The number of carbonyl (C=O) groups is 1. The van der Waals surface area contributed by atoms with Crippen LogP contribution in [0.25, 0.3) is 0 Å². The summed E-state index contributed by atoms with van der Waals surface area (Å²) in [4.78, 5) is 11.4. The van der Waals surface area contributed by atoms with Gasteiger partial charge in [-0.1, -0.05) is 35.9 Å². The zero-order valence-electron chi connectivity index (χ0n) is 13.5. The van der Waals surface area contributed by atoms with E-state index in [4.69, 9.17) is 4.74 Å². The van der Waals surface area contributed by atoms with E-state index < -0.39 is 5.97 Å². The van der Waals surface area contributed by atoms with Crippen molar-refractivity contribution in [1.29, 1.82) is 0 Å². The fraction of sp³-hybridized carbons (Fsp3) is 0.316. The Balaban J connectivity index is 2.57. The third-order valence-corrected chi connectivity index (χ3v) is 4.07. The third-order valence-electron chi connectivity index (χ3n) is 4.07. The van der Waals surface area contributed by atoms with E-state index in [2.05, 4.69) is 13.0 Å². The van der Waals surface area contributed by atoms with Gasteiger partial charge in [0.05, 0.1) is 13.5 Å². The van der Waals surface area contributed by atoms with Crippen molar-refractivity contribution in [3.05, 3.63) is 64.2 Å². The normalized spacial score (nSPS) is 12.0. The fourth-order valence-corrected chi connectivity index (χ4v) is 2.69. The predicted molar refractivity (Wildman–Crippen MR) is 87.7 cm³/mol. The number of aryl methyl sites for hydroxylation is 3. The molecule has 0 fully saturated rings. The van der Waals surface area contributed by atoms with E-state index in [-0.39, 0.29) is 12.3 Å². The van der Waals surface area contributed by atoms with Crippen molar-refractivity contribution >= 4 is 5.97 Å².